The largest absolute Gasteiger partial charge is 0.356 e. The number of amides is 1. The van der Waals surface area contributed by atoms with Crippen molar-refractivity contribution in [1.82, 2.24) is 5.32 Å². The Kier molecular flexibility index (Phi) is 4.84. The topological polar surface area (TPSA) is 89.3 Å². The Labute approximate surface area is 72.4 Å². The molecule has 5 nitrogen and oxygen atoms in total. The van der Waals surface area contributed by atoms with E-state index in [2.05, 4.69) is 5.32 Å². The van der Waals surface area contributed by atoms with Gasteiger partial charge in [0.1, 0.15) is 0 Å². The summed E-state index contributed by atoms with van der Waals surface area (Å²) in [5.74, 6) is -0.273. The molecule has 0 aliphatic rings. The van der Waals surface area contributed by atoms with Crippen LogP contribution in [0.5, 0.6) is 0 Å². The third-order valence-electron chi connectivity index (χ3n) is 1.21. The van der Waals surface area contributed by atoms with Crippen LogP contribution in [0.15, 0.2) is 0 Å². The monoisotopic (exact) mass is 194 g/mol. The Morgan fingerprint density at radius 3 is 2.50 bits per heavy atom. The second-order valence-electron chi connectivity index (χ2n) is 2.42. The average Bonchev–Trinajstić information content (AvgIpc) is 1.84. The molecule has 0 rings (SSSR count). The van der Waals surface area contributed by atoms with Gasteiger partial charge < -0.3 is 5.32 Å². The molecule has 0 atom stereocenters. The number of rotatable bonds is 5. The molecule has 0 saturated heterocycles. The van der Waals surface area contributed by atoms with Crippen LogP contribution in [0, 0.1) is 0 Å². The van der Waals surface area contributed by atoms with Gasteiger partial charge in [-0.2, -0.15) is 0 Å². The summed E-state index contributed by atoms with van der Waals surface area (Å²) in [5, 5.41) is 7.29. The van der Waals surface area contributed by atoms with Crippen molar-refractivity contribution >= 4 is 15.9 Å². The summed E-state index contributed by atoms with van der Waals surface area (Å²) in [7, 11) is -3.41. The van der Waals surface area contributed by atoms with Crippen LogP contribution in [-0.4, -0.2) is 26.6 Å². The Balaban J connectivity index is 3.51. The van der Waals surface area contributed by atoms with Crippen molar-refractivity contribution in [3.8, 4) is 0 Å². The van der Waals surface area contributed by atoms with E-state index in [1.807, 2.05) is 0 Å². The molecular formula is C6H14N2O3S. The van der Waals surface area contributed by atoms with E-state index in [0.717, 1.165) is 0 Å². The molecule has 0 unspecified atom stereocenters. The molecule has 12 heavy (non-hydrogen) atoms. The Morgan fingerprint density at radius 1 is 1.50 bits per heavy atom. The highest BCUT2D eigenvalue weighted by atomic mass is 32.2. The molecule has 0 aromatic heterocycles. The number of nitrogens with one attached hydrogen (secondary N) is 1. The maximum atomic E-state index is 10.8. The van der Waals surface area contributed by atoms with Gasteiger partial charge in [0.15, 0.2) is 0 Å². The van der Waals surface area contributed by atoms with E-state index in [1.165, 1.54) is 0 Å². The first-order valence-corrected chi connectivity index (χ1v) is 5.44. The first-order valence-electron chi connectivity index (χ1n) is 3.73. The summed E-state index contributed by atoms with van der Waals surface area (Å²) in [5.41, 5.74) is 0. The van der Waals surface area contributed by atoms with Crippen LogP contribution in [0.2, 0.25) is 0 Å². The highest BCUT2D eigenvalue weighted by Gasteiger charge is 2.04. The zero-order valence-electron chi connectivity index (χ0n) is 7.04. The molecule has 6 heteroatoms. The fourth-order valence-corrected chi connectivity index (χ4v) is 1.27. The number of hydrogen-bond donors (Lipinski definition) is 2. The minimum absolute atomic E-state index is 0.135. The molecule has 0 bridgehead atoms. The highest BCUT2D eigenvalue weighted by molar-refractivity contribution is 7.89. The highest BCUT2D eigenvalue weighted by Crippen LogP contribution is 1.91. The summed E-state index contributed by atoms with van der Waals surface area (Å²) in [6.07, 6.45) is 0.495. The van der Waals surface area contributed by atoms with Gasteiger partial charge >= 0.3 is 0 Å². The first kappa shape index (κ1) is 11.4. The van der Waals surface area contributed by atoms with Gasteiger partial charge in [-0.05, 0) is 13.3 Å². The fraction of sp³-hybridized carbons (Fsp3) is 0.833. The van der Waals surface area contributed by atoms with Gasteiger partial charge in [-0.15, -0.1) is 0 Å². The minimum atomic E-state index is -3.41. The Hall–Kier alpha value is -0.620. The van der Waals surface area contributed by atoms with Gasteiger partial charge in [-0.25, -0.2) is 13.6 Å². The lowest BCUT2D eigenvalue weighted by atomic mass is 10.3. The number of hydrogen-bond acceptors (Lipinski definition) is 3. The summed E-state index contributed by atoms with van der Waals surface area (Å²) >= 11 is 0. The fourth-order valence-electron chi connectivity index (χ4n) is 0.719. The molecule has 0 aliphatic carbocycles. The first-order chi connectivity index (χ1) is 5.45. The van der Waals surface area contributed by atoms with Gasteiger partial charge in [0, 0.05) is 13.0 Å². The molecule has 0 fully saturated rings. The number of primary sulfonamides is 1. The van der Waals surface area contributed by atoms with Crippen LogP contribution in [0.1, 0.15) is 19.8 Å². The van der Waals surface area contributed by atoms with Gasteiger partial charge in [-0.3, -0.25) is 4.79 Å². The second-order valence-corrected chi connectivity index (χ2v) is 4.16. The zero-order chi connectivity index (χ0) is 9.61. The van der Waals surface area contributed by atoms with E-state index < -0.39 is 10.0 Å². The van der Waals surface area contributed by atoms with Crippen molar-refractivity contribution in [1.29, 1.82) is 0 Å². The maximum absolute atomic E-state index is 10.8. The lowest BCUT2D eigenvalue weighted by Gasteiger charge is -2.00. The molecule has 0 heterocycles. The predicted molar refractivity (Wildman–Crippen MR) is 45.9 cm³/mol. The second kappa shape index (κ2) is 5.10. The van der Waals surface area contributed by atoms with Crippen molar-refractivity contribution in [2.75, 3.05) is 12.3 Å². The zero-order valence-corrected chi connectivity index (χ0v) is 7.86. The maximum Gasteiger partial charge on any atom is 0.220 e. The van der Waals surface area contributed by atoms with E-state index in [4.69, 9.17) is 5.14 Å². The van der Waals surface area contributed by atoms with Crippen LogP contribution in [0.4, 0.5) is 0 Å². The van der Waals surface area contributed by atoms with Gasteiger partial charge in [-0.1, -0.05) is 0 Å². The smallest absolute Gasteiger partial charge is 0.220 e. The summed E-state index contributed by atoms with van der Waals surface area (Å²) in [6, 6.07) is 0. The van der Waals surface area contributed by atoms with Crippen LogP contribution in [0.3, 0.4) is 0 Å². The molecule has 72 valence electrons. The molecule has 0 aromatic carbocycles. The average molecular weight is 194 g/mol. The van der Waals surface area contributed by atoms with Crippen molar-refractivity contribution in [3.05, 3.63) is 0 Å². The molecular weight excluding hydrogens is 180 g/mol. The number of sulfonamides is 1. The van der Waals surface area contributed by atoms with Crippen LogP contribution >= 0.6 is 0 Å². The van der Waals surface area contributed by atoms with Crippen LogP contribution < -0.4 is 10.5 Å². The Bertz CT molecular complexity index is 235. The molecule has 0 spiro atoms. The van der Waals surface area contributed by atoms with Crippen molar-refractivity contribution < 1.29 is 13.2 Å². The molecule has 3 N–H and O–H groups in total. The molecule has 0 radical (unpaired) electrons. The summed E-state index contributed by atoms with van der Waals surface area (Å²) < 4.78 is 20.8. The lowest BCUT2D eigenvalue weighted by Crippen LogP contribution is -2.24. The standard InChI is InChI=1S/C6H14N2O3S/c1-2-8-6(9)4-3-5-12(7,10)11/h2-5H2,1H3,(H,8,9)(H2,7,10,11). The molecule has 0 saturated carbocycles. The summed E-state index contributed by atoms with van der Waals surface area (Å²) in [6.45, 7) is 2.37. The minimum Gasteiger partial charge on any atom is -0.356 e. The number of carbonyl (C=O) groups is 1. The van der Waals surface area contributed by atoms with E-state index in [1.54, 1.807) is 6.92 Å². The normalized spacial score (nSPS) is 11.2. The van der Waals surface area contributed by atoms with Gasteiger partial charge in [0.2, 0.25) is 15.9 Å². The summed E-state index contributed by atoms with van der Waals surface area (Å²) in [4.78, 5) is 10.8. The van der Waals surface area contributed by atoms with Gasteiger partial charge in [0.25, 0.3) is 0 Å². The lowest BCUT2D eigenvalue weighted by molar-refractivity contribution is -0.120. The van der Waals surface area contributed by atoms with E-state index in [0.29, 0.717) is 6.54 Å². The third kappa shape index (κ3) is 7.49. The quantitative estimate of drug-likeness (QED) is 0.600. The van der Waals surface area contributed by atoms with E-state index in [-0.39, 0.29) is 24.5 Å². The van der Waals surface area contributed by atoms with Crippen molar-refractivity contribution in [2.45, 2.75) is 19.8 Å². The predicted octanol–water partition coefficient (Wildman–Crippen LogP) is -0.809. The molecule has 1 amide bonds. The molecule has 0 aliphatic heterocycles. The third-order valence-corrected chi connectivity index (χ3v) is 2.06. The van der Waals surface area contributed by atoms with Crippen molar-refractivity contribution in [2.24, 2.45) is 5.14 Å². The molecule has 0 aromatic rings. The number of nitrogens with two attached hydrogens (primary N) is 1. The van der Waals surface area contributed by atoms with E-state index >= 15 is 0 Å². The van der Waals surface area contributed by atoms with Crippen LogP contribution in [-0.2, 0) is 14.8 Å². The van der Waals surface area contributed by atoms with Crippen molar-refractivity contribution in [3.63, 3.8) is 0 Å². The SMILES string of the molecule is CCNC(=O)CCCS(N)(=O)=O. The van der Waals surface area contributed by atoms with Gasteiger partial charge in [0.05, 0.1) is 5.75 Å². The Morgan fingerprint density at radius 2 is 2.08 bits per heavy atom. The van der Waals surface area contributed by atoms with E-state index in [9.17, 15) is 13.2 Å². The number of carbonyl (C=O) groups excluding carboxylic acids is 1. The van der Waals surface area contributed by atoms with Crippen LogP contribution in [0.25, 0.3) is 0 Å².